The monoisotopic (exact) mass is 598 g/mol. The van der Waals surface area contributed by atoms with Crippen LogP contribution in [-0.4, -0.2) is 56.0 Å². The minimum Gasteiger partial charge on any atom is -0.418 e. The van der Waals surface area contributed by atoms with Crippen molar-refractivity contribution in [1.29, 1.82) is 0 Å². The molecular weight excluding hydrogens is 576 g/mol. The Balaban J connectivity index is 1.93. The van der Waals surface area contributed by atoms with Crippen LogP contribution in [0, 0.1) is 0 Å². The minimum atomic E-state index is -6.27. The summed E-state index contributed by atoms with van der Waals surface area (Å²) in [6.07, 6.45) is -14.8. The zero-order valence-electron chi connectivity index (χ0n) is 21.1. The van der Waals surface area contributed by atoms with Crippen LogP contribution in [0.2, 0.25) is 0 Å². The summed E-state index contributed by atoms with van der Waals surface area (Å²) < 4.78 is 115. The number of aromatic nitrogens is 3. The first kappa shape index (κ1) is 29.8. The number of aliphatic hydroxyl groups is 1. The Morgan fingerprint density at radius 2 is 1.77 bits per heavy atom. The lowest BCUT2D eigenvalue weighted by Gasteiger charge is -2.33. The third kappa shape index (κ3) is 5.06. The number of hydrogen-bond acceptors (Lipinski definition) is 7. The first-order valence-electron chi connectivity index (χ1n) is 11.9. The van der Waals surface area contributed by atoms with Gasteiger partial charge in [-0.25, -0.2) is 13.8 Å². The second kappa shape index (κ2) is 10.4. The molecule has 0 spiro atoms. The van der Waals surface area contributed by atoms with E-state index in [1.54, 1.807) is 20.8 Å². The first-order chi connectivity index (χ1) is 18.5. The number of carbonyl (C=O) groups excluding carboxylic acids is 1. The maximum absolute atomic E-state index is 14.2. The molecule has 16 heteroatoms. The van der Waals surface area contributed by atoms with Gasteiger partial charge >= 0.3 is 12.4 Å². The SMILES string of the molecule is CC(C)c1nnc(-c2nc(C(=O)N3CCC[C@@H]3C)c(-c3ccc(C(O)(C(F)(F)F)C(F)(F)F)cc3C(F)F)s2)o1. The molecule has 1 N–H and O–H groups in total. The van der Waals surface area contributed by atoms with Crippen LogP contribution in [0.3, 0.4) is 0 Å². The largest absolute Gasteiger partial charge is 0.430 e. The number of carbonyl (C=O) groups is 1. The van der Waals surface area contributed by atoms with Crippen molar-refractivity contribution in [3.05, 3.63) is 40.9 Å². The fourth-order valence-electron chi connectivity index (χ4n) is 4.33. The van der Waals surface area contributed by atoms with Crippen molar-refractivity contribution < 1.29 is 49.4 Å². The Morgan fingerprint density at radius 1 is 1.12 bits per heavy atom. The Morgan fingerprint density at radius 3 is 2.27 bits per heavy atom. The van der Waals surface area contributed by atoms with E-state index < -0.39 is 47.0 Å². The van der Waals surface area contributed by atoms with Crippen LogP contribution in [-0.2, 0) is 5.60 Å². The highest BCUT2D eigenvalue weighted by Crippen LogP contribution is 2.51. The number of amides is 1. The zero-order valence-corrected chi connectivity index (χ0v) is 21.9. The van der Waals surface area contributed by atoms with Crippen LogP contribution in [0.4, 0.5) is 35.1 Å². The van der Waals surface area contributed by atoms with Crippen molar-refractivity contribution >= 4 is 17.2 Å². The maximum atomic E-state index is 14.2. The number of likely N-dealkylation sites (tertiary alicyclic amines) is 1. The van der Waals surface area contributed by atoms with Gasteiger partial charge in [0.2, 0.25) is 5.89 Å². The number of halogens is 8. The van der Waals surface area contributed by atoms with Crippen LogP contribution >= 0.6 is 11.3 Å². The highest BCUT2D eigenvalue weighted by atomic mass is 32.1. The number of alkyl halides is 8. The van der Waals surface area contributed by atoms with Gasteiger partial charge < -0.3 is 14.4 Å². The van der Waals surface area contributed by atoms with E-state index in [1.807, 2.05) is 0 Å². The van der Waals surface area contributed by atoms with Crippen molar-refractivity contribution in [3.63, 3.8) is 0 Å². The normalized spacial score (nSPS) is 16.9. The fraction of sp³-hybridized carbons (Fsp3) is 0.500. The average Bonchev–Trinajstić information content (AvgIpc) is 3.60. The molecule has 7 nitrogen and oxygen atoms in total. The fourth-order valence-corrected chi connectivity index (χ4v) is 5.35. The molecule has 1 aromatic carbocycles. The van der Waals surface area contributed by atoms with Crippen LogP contribution in [0.1, 0.15) is 73.5 Å². The van der Waals surface area contributed by atoms with Gasteiger partial charge in [0, 0.05) is 35.2 Å². The van der Waals surface area contributed by atoms with Gasteiger partial charge in [-0.3, -0.25) is 4.79 Å². The van der Waals surface area contributed by atoms with E-state index >= 15 is 0 Å². The molecule has 0 saturated carbocycles. The molecule has 218 valence electrons. The molecule has 1 saturated heterocycles. The lowest BCUT2D eigenvalue weighted by molar-refractivity contribution is -0.376. The van der Waals surface area contributed by atoms with Crippen molar-refractivity contribution in [2.45, 2.75) is 70.0 Å². The van der Waals surface area contributed by atoms with E-state index in [2.05, 4.69) is 15.2 Å². The van der Waals surface area contributed by atoms with Crippen LogP contribution in [0.5, 0.6) is 0 Å². The van der Waals surface area contributed by atoms with Gasteiger partial charge in [-0.2, -0.15) is 26.3 Å². The molecule has 2 aromatic heterocycles. The molecule has 4 rings (SSSR count). The number of nitrogens with zero attached hydrogens (tertiary/aromatic N) is 4. The predicted molar refractivity (Wildman–Crippen MR) is 126 cm³/mol. The highest BCUT2D eigenvalue weighted by molar-refractivity contribution is 7.18. The van der Waals surface area contributed by atoms with E-state index in [0.29, 0.717) is 36.8 Å². The number of hydrogen-bond donors (Lipinski definition) is 1. The first-order valence-corrected chi connectivity index (χ1v) is 12.7. The van der Waals surface area contributed by atoms with Crippen LogP contribution in [0.25, 0.3) is 21.3 Å². The zero-order chi connectivity index (χ0) is 29.8. The molecule has 3 aromatic rings. The minimum absolute atomic E-state index is 0.0589. The summed E-state index contributed by atoms with van der Waals surface area (Å²) in [6, 6.07) is 0.537. The summed E-state index contributed by atoms with van der Waals surface area (Å²) in [5, 5.41) is 17.4. The molecule has 1 amide bonds. The second-order valence-electron chi connectivity index (χ2n) is 9.60. The molecule has 0 unspecified atom stereocenters. The summed E-state index contributed by atoms with van der Waals surface area (Å²) in [6.45, 7) is 5.61. The molecule has 1 aliphatic heterocycles. The maximum Gasteiger partial charge on any atom is 0.430 e. The van der Waals surface area contributed by atoms with Gasteiger partial charge in [0.15, 0.2) is 5.01 Å². The molecule has 1 atom stereocenters. The van der Waals surface area contributed by atoms with Gasteiger partial charge in [0.1, 0.15) is 5.69 Å². The molecule has 1 fully saturated rings. The highest BCUT2D eigenvalue weighted by Gasteiger charge is 2.71. The topological polar surface area (TPSA) is 92.4 Å². The molecule has 1 aliphatic rings. The van der Waals surface area contributed by atoms with Gasteiger partial charge in [-0.15, -0.1) is 21.5 Å². The van der Waals surface area contributed by atoms with Gasteiger partial charge in [-0.05, 0) is 25.8 Å². The third-order valence-corrected chi connectivity index (χ3v) is 7.61. The van der Waals surface area contributed by atoms with E-state index in [1.165, 1.54) is 4.90 Å². The number of rotatable bonds is 6. The Hall–Kier alpha value is -3.14. The molecule has 0 radical (unpaired) electrons. The molecule has 0 aliphatic carbocycles. The third-order valence-electron chi connectivity index (χ3n) is 6.53. The second-order valence-corrected chi connectivity index (χ2v) is 10.6. The van der Waals surface area contributed by atoms with Crippen molar-refractivity contribution in [2.75, 3.05) is 6.54 Å². The van der Waals surface area contributed by atoms with E-state index in [4.69, 9.17) is 4.42 Å². The van der Waals surface area contributed by atoms with Gasteiger partial charge in [-0.1, -0.05) is 26.0 Å². The van der Waals surface area contributed by atoms with Crippen LogP contribution in [0.15, 0.2) is 22.6 Å². The van der Waals surface area contributed by atoms with Crippen molar-refractivity contribution in [3.8, 4) is 21.3 Å². The Kier molecular flexibility index (Phi) is 7.73. The molecule has 0 bridgehead atoms. The summed E-state index contributed by atoms with van der Waals surface area (Å²) in [5.74, 6) is -0.796. The smallest absolute Gasteiger partial charge is 0.418 e. The van der Waals surface area contributed by atoms with Gasteiger partial charge in [0.05, 0.1) is 4.88 Å². The summed E-state index contributed by atoms with van der Waals surface area (Å²) in [5.41, 5.74) is -9.42. The van der Waals surface area contributed by atoms with Crippen molar-refractivity contribution in [2.24, 2.45) is 0 Å². The molecular formula is C24H22F8N4O3S. The van der Waals surface area contributed by atoms with Crippen LogP contribution < -0.4 is 0 Å². The predicted octanol–water partition coefficient (Wildman–Crippen LogP) is 6.86. The summed E-state index contributed by atoms with van der Waals surface area (Å²) >= 11 is 0.640. The molecule has 3 heterocycles. The van der Waals surface area contributed by atoms with E-state index in [0.717, 1.165) is 0 Å². The average molecular weight is 599 g/mol. The van der Waals surface area contributed by atoms with E-state index in [9.17, 15) is 45.0 Å². The summed E-state index contributed by atoms with van der Waals surface area (Å²) in [7, 11) is 0. The lowest BCUT2D eigenvalue weighted by atomic mass is 9.89. The van der Waals surface area contributed by atoms with Crippen molar-refractivity contribution in [1.82, 2.24) is 20.1 Å². The summed E-state index contributed by atoms with van der Waals surface area (Å²) in [4.78, 5) is 18.9. The lowest BCUT2D eigenvalue weighted by Crippen LogP contribution is -2.54. The Labute approximate surface area is 225 Å². The van der Waals surface area contributed by atoms with Gasteiger partial charge in [0.25, 0.3) is 23.8 Å². The standard InChI is InChI=1S/C24H22F8N4O3S/c1-10(2)18-34-35-19(39-18)20-33-15(21(37)36-8-4-5-11(36)3)16(40-20)13-7-6-12(9-14(13)17(25)26)22(38,23(27,28)29)24(30,31)32/h6-7,9-11,17,38H,4-5,8H2,1-3H3/t11-/m0/s1. The van der Waals surface area contributed by atoms with E-state index in [-0.39, 0.29) is 51.5 Å². The Bertz CT molecular complexity index is 1390. The number of thiazole rings is 1. The number of benzene rings is 1. The quantitative estimate of drug-likeness (QED) is 0.312. The molecule has 40 heavy (non-hydrogen) atoms.